The number of nitrogens with two attached hydrogens (primary N) is 1. The number of amides is 1. The highest BCUT2D eigenvalue weighted by molar-refractivity contribution is 5.96. The van der Waals surface area contributed by atoms with E-state index in [1.807, 2.05) is 29.2 Å². The molecule has 2 aliphatic rings. The molecule has 0 spiro atoms. The van der Waals surface area contributed by atoms with E-state index in [2.05, 4.69) is 0 Å². The third kappa shape index (κ3) is 2.65. The summed E-state index contributed by atoms with van der Waals surface area (Å²) in [4.78, 5) is 14.6. The van der Waals surface area contributed by atoms with Crippen LogP contribution in [0.25, 0.3) is 0 Å². The van der Waals surface area contributed by atoms with Crippen molar-refractivity contribution in [2.24, 2.45) is 11.7 Å². The van der Waals surface area contributed by atoms with Crippen LogP contribution in [0.1, 0.15) is 24.8 Å². The Morgan fingerprint density at radius 2 is 2.00 bits per heavy atom. The number of anilines is 1. The highest BCUT2D eigenvalue weighted by atomic mass is 16.5. The van der Waals surface area contributed by atoms with Crippen LogP contribution in [0.5, 0.6) is 0 Å². The molecule has 0 aromatic heterocycles. The van der Waals surface area contributed by atoms with Gasteiger partial charge in [-0.3, -0.25) is 4.79 Å². The smallest absolute Gasteiger partial charge is 0.232 e. The van der Waals surface area contributed by atoms with E-state index < -0.39 is 0 Å². The number of nitrogens with zero attached hydrogens (tertiary/aromatic N) is 1. The Morgan fingerprint density at radius 3 is 2.53 bits per heavy atom. The van der Waals surface area contributed by atoms with Crippen LogP contribution in [-0.4, -0.2) is 25.2 Å². The van der Waals surface area contributed by atoms with Gasteiger partial charge in [0.15, 0.2) is 0 Å². The molecule has 1 amide bonds. The van der Waals surface area contributed by atoms with Gasteiger partial charge < -0.3 is 15.4 Å². The Kier molecular flexibility index (Phi) is 3.53. The van der Waals surface area contributed by atoms with E-state index in [1.54, 1.807) is 0 Å². The van der Waals surface area contributed by atoms with Gasteiger partial charge >= 0.3 is 0 Å². The largest absolute Gasteiger partial charge is 0.381 e. The molecule has 1 aliphatic carbocycles. The first-order valence-electron chi connectivity index (χ1n) is 6.99. The number of ether oxygens (including phenoxy) is 1. The molecule has 1 aromatic rings. The van der Waals surface area contributed by atoms with Crippen LogP contribution in [-0.2, 0) is 16.1 Å². The van der Waals surface area contributed by atoms with Crippen molar-refractivity contribution in [2.45, 2.75) is 31.8 Å². The molecule has 1 heterocycles. The molecule has 1 aliphatic heterocycles. The molecule has 2 fully saturated rings. The zero-order valence-electron chi connectivity index (χ0n) is 11.0. The standard InChI is InChI=1S/C15H20N2O2/c16-9-11-1-3-13(4-2-11)17(14-5-6-14)15(18)12-7-8-19-10-12/h1-4,12,14H,5-10,16H2. The quantitative estimate of drug-likeness (QED) is 0.896. The third-order valence-corrected chi connectivity index (χ3v) is 3.88. The summed E-state index contributed by atoms with van der Waals surface area (Å²) in [7, 11) is 0. The number of hydrogen-bond acceptors (Lipinski definition) is 3. The third-order valence-electron chi connectivity index (χ3n) is 3.88. The summed E-state index contributed by atoms with van der Waals surface area (Å²) >= 11 is 0. The Labute approximate surface area is 113 Å². The average molecular weight is 260 g/mol. The summed E-state index contributed by atoms with van der Waals surface area (Å²) in [5, 5.41) is 0. The van der Waals surface area contributed by atoms with Crippen LogP contribution < -0.4 is 10.6 Å². The first-order valence-corrected chi connectivity index (χ1v) is 6.99. The number of carbonyl (C=O) groups excluding carboxylic acids is 1. The lowest BCUT2D eigenvalue weighted by molar-refractivity contribution is -0.122. The van der Waals surface area contributed by atoms with Crippen LogP contribution >= 0.6 is 0 Å². The predicted octanol–water partition coefficient (Wildman–Crippen LogP) is 1.68. The van der Waals surface area contributed by atoms with Gasteiger partial charge in [-0.05, 0) is 37.0 Å². The summed E-state index contributed by atoms with van der Waals surface area (Å²) < 4.78 is 5.34. The number of benzene rings is 1. The van der Waals surface area contributed by atoms with Crippen LogP contribution in [0.15, 0.2) is 24.3 Å². The van der Waals surface area contributed by atoms with Crippen LogP contribution in [0.3, 0.4) is 0 Å². The van der Waals surface area contributed by atoms with E-state index in [-0.39, 0.29) is 11.8 Å². The molecule has 0 bridgehead atoms. The van der Waals surface area contributed by atoms with E-state index in [4.69, 9.17) is 10.5 Å². The van der Waals surface area contributed by atoms with Gasteiger partial charge in [-0.1, -0.05) is 12.1 Å². The molecule has 4 nitrogen and oxygen atoms in total. The van der Waals surface area contributed by atoms with Gasteiger partial charge in [-0.15, -0.1) is 0 Å². The van der Waals surface area contributed by atoms with Crippen molar-refractivity contribution in [1.29, 1.82) is 0 Å². The summed E-state index contributed by atoms with van der Waals surface area (Å²) in [6, 6.07) is 8.41. The lowest BCUT2D eigenvalue weighted by Crippen LogP contribution is -2.38. The fourth-order valence-electron chi connectivity index (χ4n) is 2.57. The van der Waals surface area contributed by atoms with E-state index >= 15 is 0 Å². The van der Waals surface area contributed by atoms with Crippen molar-refractivity contribution in [2.75, 3.05) is 18.1 Å². The average Bonchev–Trinajstić information content (AvgIpc) is 3.12. The van der Waals surface area contributed by atoms with Gasteiger partial charge in [0.25, 0.3) is 0 Å². The first kappa shape index (κ1) is 12.6. The molecule has 1 aromatic carbocycles. The highest BCUT2D eigenvalue weighted by Gasteiger charge is 2.37. The fraction of sp³-hybridized carbons (Fsp3) is 0.533. The Balaban J connectivity index is 1.81. The van der Waals surface area contributed by atoms with E-state index in [0.717, 1.165) is 30.5 Å². The maximum absolute atomic E-state index is 12.6. The van der Waals surface area contributed by atoms with Gasteiger partial charge in [0.2, 0.25) is 5.91 Å². The monoisotopic (exact) mass is 260 g/mol. The van der Waals surface area contributed by atoms with Gasteiger partial charge in [-0.25, -0.2) is 0 Å². The molecule has 1 saturated carbocycles. The molecule has 19 heavy (non-hydrogen) atoms. The second-order valence-electron chi connectivity index (χ2n) is 5.37. The fourth-order valence-corrected chi connectivity index (χ4v) is 2.57. The summed E-state index contributed by atoms with van der Waals surface area (Å²) in [5.74, 6) is 0.260. The summed E-state index contributed by atoms with van der Waals surface area (Å²) in [6.07, 6.45) is 3.07. The van der Waals surface area contributed by atoms with Crippen molar-refractivity contribution in [3.63, 3.8) is 0 Å². The van der Waals surface area contributed by atoms with Crippen molar-refractivity contribution in [1.82, 2.24) is 0 Å². The predicted molar refractivity (Wildman–Crippen MR) is 73.8 cm³/mol. The van der Waals surface area contributed by atoms with Gasteiger partial charge in [0.05, 0.1) is 12.5 Å². The maximum atomic E-state index is 12.6. The molecule has 1 atom stereocenters. The van der Waals surface area contributed by atoms with Crippen LogP contribution in [0.4, 0.5) is 5.69 Å². The van der Waals surface area contributed by atoms with Gasteiger partial charge in [0, 0.05) is 24.9 Å². The molecule has 3 rings (SSSR count). The van der Waals surface area contributed by atoms with E-state index in [1.165, 1.54) is 0 Å². The lowest BCUT2D eigenvalue weighted by Gasteiger charge is -2.25. The lowest BCUT2D eigenvalue weighted by atomic mass is 10.1. The highest BCUT2D eigenvalue weighted by Crippen LogP contribution is 2.34. The van der Waals surface area contributed by atoms with Crippen molar-refractivity contribution >= 4 is 11.6 Å². The van der Waals surface area contributed by atoms with Crippen LogP contribution in [0, 0.1) is 5.92 Å². The summed E-state index contributed by atoms with van der Waals surface area (Å²) in [5.41, 5.74) is 7.70. The van der Waals surface area contributed by atoms with Crippen molar-refractivity contribution < 1.29 is 9.53 Å². The topological polar surface area (TPSA) is 55.6 Å². The molecule has 102 valence electrons. The minimum atomic E-state index is 0.0368. The Hall–Kier alpha value is -1.39. The first-order chi connectivity index (χ1) is 9.29. The van der Waals surface area contributed by atoms with Crippen molar-refractivity contribution in [3.8, 4) is 0 Å². The molecule has 1 unspecified atom stereocenters. The maximum Gasteiger partial charge on any atom is 0.232 e. The normalized spacial score (nSPS) is 22.5. The molecule has 2 N–H and O–H groups in total. The molecular formula is C15H20N2O2. The zero-order valence-corrected chi connectivity index (χ0v) is 11.0. The van der Waals surface area contributed by atoms with Gasteiger partial charge in [-0.2, -0.15) is 0 Å². The molecule has 1 saturated heterocycles. The molecular weight excluding hydrogens is 240 g/mol. The second kappa shape index (κ2) is 5.31. The molecule has 4 heteroatoms. The van der Waals surface area contributed by atoms with Gasteiger partial charge in [0.1, 0.15) is 0 Å². The Bertz CT molecular complexity index is 448. The second-order valence-corrected chi connectivity index (χ2v) is 5.37. The minimum Gasteiger partial charge on any atom is -0.381 e. The number of rotatable bonds is 4. The summed E-state index contributed by atoms with van der Waals surface area (Å²) in [6.45, 7) is 1.82. The minimum absolute atomic E-state index is 0.0368. The molecule has 0 radical (unpaired) electrons. The number of hydrogen-bond donors (Lipinski definition) is 1. The zero-order chi connectivity index (χ0) is 13.2. The number of carbonyl (C=O) groups is 1. The SMILES string of the molecule is NCc1ccc(N(C(=O)C2CCOC2)C2CC2)cc1. The van der Waals surface area contributed by atoms with Crippen molar-refractivity contribution in [3.05, 3.63) is 29.8 Å². The Morgan fingerprint density at radius 1 is 1.26 bits per heavy atom. The van der Waals surface area contributed by atoms with Crippen LogP contribution in [0.2, 0.25) is 0 Å². The van der Waals surface area contributed by atoms with E-state index in [9.17, 15) is 4.79 Å². The van der Waals surface area contributed by atoms with E-state index in [0.29, 0.717) is 25.8 Å².